The Morgan fingerprint density at radius 3 is 2.46 bits per heavy atom. The van der Waals surface area contributed by atoms with Crippen molar-refractivity contribution in [1.29, 1.82) is 0 Å². The first kappa shape index (κ1) is 19.7. The normalized spacial score (nSPS) is 11.8. The Morgan fingerprint density at radius 1 is 1.12 bits per heavy atom. The Bertz CT molecular complexity index is 898. The second-order valence-electron chi connectivity index (χ2n) is 5.04. The van der Waals surface area contributed by atoms with Crippen molar-refractivity contribution in [3.63, 3.8) is 0 Å². The van der Waals surface area contributed by atoms with Gasteiger partial charge in [0.2, 0.25) is 0 Å². The van der Waals surface area contributed by atoms with E-state index < -0.39 is 32.6 Å². The third-order valence-corrected chi connectivity index (χ3v) is 4.56. The van der Waals surface area contributed by atoms with Crippen LogP contribution in [0.25, 0.3) is 0 Å². The minimum absolute atomic E-state index is 0.0449. The fourth-order valence-corrected chi connectivity index (χ4v) is 3.13. The van der Waals surface area contributed by atoms with Crippen LogP contribution < -0.4 is 10.2 Å². The van der Waals surface area contributed by atoms with Gasteiger partial charge in [0.1, 0.15) is 0 Å². The van der Waals surface area contributed by atoms with Gasteiger partial charge in [-0.05, 0) is 37.3 Å². The summed E-state index contributed by atoms with van der Waals surface area (Å²) in [5.74, 6) is -0.700. The fraction of sp³-hybridized carbons (Fsp3) is 0.188. The van der Waals surface area contributed by atoms with Crippen molar-refractivity contribution < 1.29 is 31.2 Å². The maximum atomic E-state index is 12.8. The van der Waals surface area contributed by atoms with E-state index in [0.717, 1.165) is 18.2 Å². The lowest BCUT2D eigenvalue weighted by molar-refractivity contribution is -0.137. The minimum atomic E-state index is -4.68. The number of halogens is 3. The molecule has 0 saturated heterocycles. The molecule has 0 radical (unpaired) electrons. The van der Waals surface area contributed by atoms with E-state index in [9.17, 15) is 26.4 Å². The molecule has 2 aromatic rings. The van der Waals surface area contributed by atoms with Crippen LogP contribution in [0.2, 0.25) is 0 Å². The average molecular weight is 388 g/mol. The molecule has 0 heterocycles. The molecule has 0 saturated carbocycles. The number of carbonyl (C=O) groups excluding carboxylic acids is 1. The Hall–Kier alpha value is -2.59. The number of nitrogens with one attached hydrogen (secondary N) is 2. The van der Waals surface area contributed by atoms with E-state index in [1.807, 2.05) is 0 Å². The van der Waals surface area contributed by atoms with Gasteiger partial charge in [-0.3, -0.25) is 14.4 Å². The van der Waals surface area contributed by atoms with E-state index in [-0.39, 0.29) is 17.9 Å². The topological polar surface area (TPSA) is 84.5 Å². The summed E-state index contributed by atoms with van der Waals surface area (Å²) in [4.78, 5) is 16.2. The highest BCUT2D eigenvalue weighted by molar-refractivity contribution is 7.92. The summed E-state index contributed by atoms with van der Waals surface area (Å²) in [5, 5.41) is 0. The van der Waals surface area contributed by atoms with E-state index in [1.165, 1.54) is 24.3 Å². The van der Waals surface area contributed by atoms with Gasteiger partial charge in [-0.2, -0.15) is 13.2 Å². The van der Waals surface area contributed by atoms with Gasteiger partial charge in [0, 0.05) is 0 Å². The Kier molecular flexibility index (Phi) is 5.88. The van der Waals surface area contributed by atoms with Crippen molar-refractivity contribution in [2.75, 3.05) is 11.3 Å². The summed E-state index contributed by atoms with van der Waals surface area (Å²) in [5.41, 5.74) is 0.886. The molecular weight excluding hydrogens is 373 g/mol. The smallest absolute Gasteiger partial charge is 0.279 e. The van der Waals surface area contributed by atoms with Crippen molar-refractivity contribution in [2.24, 2.45) is 0 Å². The summed E-state index contributed by atoms with van der Waals surface area (Å²) < 4.78 is 65.4. The van der Waals surface area contributed by atoms with E-state index in [0.29, 0.717) is 6.07 Å². The van der Waals surface area contributed by atoms with Gasteiger partial charge < -0.3 is 0 Å². The van der Waals surface area contributed by atoms with Crippen molar-refractivity contribution in [1.82, 2.24) is 5.48 Å². The molecule has 2 rings (SSSR count). The van der Waals surface area contributed by atoms with E-state index in [4.69, 9.17) is 4.84 Å². The standard InChI is InChI=1S/C16H15F3N2O4S/c1-2-25-20-15(22)13-8-3-4-9-14(13)21-26(23,24)12-7-5-6-11(10-12)16(17,18)19/h3-10,21H,2H2,1H3,(H,20,22). The molecule has 0 aliphatic heterocycles. The lowest BCUT2D eigenvalue weighted by Crippen LogP contribution is -2.25. The van der Waals surface area contributed by atoms with Crippen LogP contribution in [0.4, 0.5) is 18.9 Å². The molecule has 0 atom stereocenters. The fourth-order valence-electron chi connectivity index (χ4n) is 2.01. The molecule has 6 nitrogen and oxygen atoms in total. The lowest BCUT2D eigenvalue weighted by Gasteiger charge is -2.13. The maximum Gasteiger partial charge on any atom is 0.416 e. The Morgan fingerprint density at radius 2 is 1.81 bits per heavy atom. The molecule has 0 bridgehead atoms. The molecule has 2 aromatic carbocycles. The molecule has 0 unspecified atom stereocenters. The summed E-state index contributed by atoms with van der Waals surface area (Å²) in [6.45, 7) is 1.84. The van der Waals surface area contributed by atoms with Crippen LogP contribution in [-0.4, -0.2) is 20.9 Å². The van der Waals surface area contributed by atoms with Gasteiger partial charge >= 0.3 is 6.18 Å². The van der Waals surface area contributed by atoms with Crippen molar-refractivity contribution in [3.05, 3.63) is 59.7 Å². The number of carbonyl (C=O) groups is 1. The average Bonchev–Trinajstić information content (AvgIpc) is 2.59. The second kappa shape index (κ2) is 7.75. The summed E-state index contributed by atoms with van der Waals surface area (Å²) >= 11 is 0. The molecule has 1 amide bonds. The number of anilines is 1. The van der Waals surface area contributed by atoms with Crippen LogP contribution >= 0.6 is 0 Å². The first-order valence-electron chi connectivity index (χ1n) is 7.36. The molecule has 0 spiro atoms. The monoisotopic (exact) mass is 388 g/mol. The number of hydrogen-bond donors (Lipinski definition) is 2. The number of sulfonamides is 1. The molecule has 0 aromatic heterocycles. The number of alkyl halides is 3. The second-order valence-corrected chi connectivity index (χ2v) is 6.72. The van der Waals surface area contributed by atoms with Gasteiger partial charge in [-0.1, -0.05) is 18.2 Å². The molecule has 0 fully saturated rings. The zero-order chi connectivity index (χ0) is 19.4. The van der Waals surface area contributed by atoms with E-state index >= 15 is 0 Å². The van der Waals surface area contributed by atoms with Crippen molar-refractivity contribution in [2.45, 2.75) is 18.0 Å². The summed E-state index contributed by atoms with van der Waals surface area (Å²) in [6, 6.07) is 8.94. The lowest BCUT2D eigenvalue weighted by atomic mass is 10.2. The first-order chi connectivity index (χ1) is 12.1. The number of hydrogen-bond acceptors (Lipinski definition) is 4. The van der Waals surface area contributed by atoms with Crippen LogP contribution in [0, 0.1) is 0 Å². The van der Waals surface area contributed by atoms with Gasteiger partial charge in [-0.15, -0.1) is 0 Å². The highest BCUT2D eigenvalue weighted by atomic mass is 32.2. The number of benzene rings is 2. The predicted octanol–water partition coefficient (Wildman–Crippen LogP) is 3.19. The molecule has 140 valence electrons. The Balaban J connectivity index is 2.35. The number of amides is 1. The van der Waals surface area contributed by atoms with Crippen LogP contribution in [0.3, 0.4) is 0 Å². The quantitative estimate of drug-likeness (QED) is 0.745. The van der Waals surface area contributed by atoms with Crippen LogP contribution in [-0.2, 0) is 21.0 Å². The highest BCUT2D eigenvalue weighted by Crippen LogP contribution is 2.31. The zero-order valence-corrected chi connectivity index (χ0v) is 14.3. The number of rotatable bonds is 6. The largest absolute Gasteiger partial charge is 0.416 e. The van der Waals surface area contributed by atoms with Gasteiger partial charge in [0.15, 0.2) is 0 Å². The highest BCUT2D eigenvalue weighted by Gasteiger charge is 2.31. The van der Waals surface area contributed by atoms with Crippen molar-refractivity contribution >= 4 is 21.6 Å². The van der Waals surface area contributed by atoms with Gasteiger partial charge in [0.25, 0.3) is 15.9 Å². The van der Waals surface area contributed by atoms with Crippen LogP contribution in [0.1, 0.15) is 22.8 Å². The summed E-state index contributed by atoms with van der Waals surface area (Å²) in [7, 11) is -4.34. The molecule has 2 N–H and O–H groups in total. The molecule has 0 aliphatic carbocycles. The van der Waals surface area contributed by atoms with Crippen LogP contribution in [0.5, 0.6) is 0 Å². The van der Waals surface area contributed by atoms with E-state index in [2.05, 4.69) is 10.2 Å². The third-order valence-electron chi connectivity index (χ3n) is 3.20. The van der Waals surface area contributed by atoms with Crippen molar-refractivity contribution in [3.8, 4) is 0 Å². The first-order valence-corrected chi connectivity index (χ1v) is 8.84. The number of hydroxylamine groups is 1. The Labute approximate surface area is 148 Å². The van der Waals surface area contributed by atoms with Crippen LogP contribution in [0.15, 0.2) is 53.4 Å². The maximum absolute atomic E-state index is 12.8. The third kappa shape index (κ3) is 4.73. The van der Waals surface area contributed by atoms with E-state index in [1.54, 1.807) is 6.92 Å². The van der Waals surface area contributed by atoms with Gasteiger partial charge in [0.05, 0.1) is 28.3 Å². The number of para-hydroxylation sites is 1. The predicted molar refractivity (Wildman–Crippen MR) is 87.8 cm³/mol. The zero-order valence-electron chi connectivity index (χ0n) is 13.5. The molecule has 10 heteroatoms. The molecule has 0 aliphatic rings. The molecular formula is C16H15F3N2O4S. The SMILES string of the molecule is CCONC(=O)c1ccccc1NS(=O)(=O)c1cccc(C(F)(F)F)c1. The molecule has 26 heavy (non-hydrogen) atoms. The van der Waals surface area contributed by atoms with Gasteiger partial charge in [-0.25, -0.2) is 13.9 Å². The minimum Gasteiger partial charge on any atom is -0.279 e. The summed E-state index contributed by atoms with van der Waals surface area (Å²) in [6.07, 6.45) is -4.68.